The summed E-state index contributed by atoms with van der Waals surface area (Å²) >= 11 is 0. The van der Waals surface area contributed by atoms with Gasteiger partial charge in [-0.3, -0.25) is 9.98 Å². The largest absolute Gasteiger partial charge is 0.359 e. The van der Waals surface area contributed by atoms with E-state index in [4.69, 9.17) is 0 Å². The van der Waals surface area contributed by atoms with Crippen LogP contribution in [-0.2, 0) is 6.54 Å². The number of hydrogen-bond donors (Lipinski definition) is 0. The van der Waals surface area contributed by atoms with Crippen molar-refractivity contribution >= 4 is 6.34 Å². The van der Waals surface area contributed by atoms with Crippen molar-refractivity contribution in [1.82, 2.24) is 9.88 Å². The van der Waals surface area contributed by atoms with Crippen molar-refractivity contribution in [2.24, 2.45) is 4.99 Å². The summed E-state index contributed by atoms with van der Waals surface area (Å²) in [4.78, 5) is 10.8. The molecule has 2 rings (SSSR count). The Kier molecular flexibility index (Phi) is 2.77. The van der Waals surface area contributed by atoms with Crippen LogP contribution in [0.25, 0.3) is 0 Å². The molecule has 0 aliphatic carbocycles. The summed E-state index contributed by atoms with van der Waals surface area (Å²) in [6, 6.07) is 4.18. The van der Waals surface area contributed by atoms with Gasteiger partial charge in [-0.1, -0.05) is 6.07 Å². The molecule has 1 aliphatic heterocycles. The summed E-state index contributed by atoms with van der Waals surface area (Å²) in [7, 11) is 0. The van der Waals surface area contributed by atoms with Crippen LogP contribution in [0.2, 0.25) is 0 Å². The Balaban J connectivity index is 1.99. The minimum absolute atomic E-state index is 0.927. The van der Waals surface area contributed by atoms with Crippen LogP contribution in [0, 0.1) is 6.92 Å². The topological polar surface area (TPSA) is 28.5 Å². The molecule has 0 saturated carbocycles. The van der Waals surface area contributed by atoms with E-state index in [0.29, 0.717) is 0 Å². The lowest BCUT2D eigenvalue weighted by Gasteiger charge is -2.22. The van der Waals surface area contributed by atoms with Gasteiger partial charge in [0.1, 0.15) is 0 Å². The maximum absolute atomic E-state index is 4.27. The quantitative estimate of drug-likeness (QED) is 0.707. The number of pyridine rings is 1. The summed E-state index contributed by atoms with van der Waals surface area (Å²) in [5.74, 6) is 0. The van der Waals surface area contributed by atoms with Crippen molar-refractivity contribution in [2.75, 3.05) is 13.1 Å². The van der Waals surface area contributed by atoms with E-state index < -0.39 is 0 Å². The Morgan fingerprint density at radius 3 is 3.00 bits per heavy atom. The van der Waals surface area contributed by atoms with Gasteiger partial charge < -0.3 is 4.90 Å². The molecule has 1 aromatic rings. The molecule has 0 unspecified atom stereocenters. The minimum Gasteiger partial charge on any atom is -0.359 e. The predicted octanol–water partition coefficient (Wildman–Crippen LogP) is 1.62. The first-order valence-electron chi connectivity index (χ1n) is 5.00. The monoisotopic (exact) mass is 189 g/mol. The summed E-state index contributed by atoms with van der Waals surface area (Å²) < 4.78 is 0. The number of hydrogen-bond acceptors (Lipinski definition) is 3. The van der Waals surface area contributed by atoms with Gasteiger partial charge in [0.05, 0.1) is 6.34 Å². The number of aliphatic imine (C=N–C) groups is 1. The van der Waals surface area contributed by atoms with E-state index in [0.717, 1.165) is 31.7 Å². The Hall–Kier alpha value is -1.38. The van der Waals surface area contributed by atoms with Crippen molar-refractivity contribution in [2.45, 2.75) is 19.9 Å². The molecule has 14 heavy (non-hydrogen) atoms. The molecule has 0 N–H and O–H groups in total. The molecule has 0 aromatic carbocycles. The summed E-state index contributed by atoms with van der Waals surface area (Å²) in [5.41, 5.74) is 2.32. The van der Waals surface area contributed by atoms with Crippen LogP contribution in [0.4, 0.5) is 0 Å². The van der Waals surface area contributed by atoms with Gasteiger partial charge in [-0.2, -0.15) is 0 Å². The third kappa shape index (κ3) is 2.31. The molecule has 3 heteroatoms. The molecule has 1 aromatic heterocycles. The molecule has 0 amide bonds. The number of aromatic nitrogens is 1. The fraction of sp³-hybridized carbons (Fsp3) is 0.455. The van der Waals surface area contributed by atoms with Crippen LogP contribution in [0.5, 0.6) is 0 Å². The smallest absolute Gasteiger partial charge is 0.0852 e. The SMILES string of the molecule is Cc1ccc(CN2C=NCCC2)cn1. The van der Waals surface area contributed by atoms with Crippen LogP contribution < -0.4 is 0 Å². The van der Waals surface area contributed by atoms with E-state index in [1.807, 2.05) is 19.5 Å². The van der Waals surface area contributed by atoms with E-state index in [9.17, 15) is 0 Å². The molecule has 0 spiro atoms. The second kappa shape index (κ2) is 4.22. The highest BCUT2D eigenvalue weighted by Crippen LogP contribution is 2.05. The van der Waals surface area contributed by atoms with Gasteiger partial charge in [-0.25, -0.2) is 0 Å². The molecule has 0 radical (unpaired) electrons. The normalized spacial score (nSPS) is 15.9. The molecule has 0 fully saturated rings. The lowest BCUT2D eigenvalue weighted by atomic mass is 10.2. The van der Waals surface area contributed by atoms with Crippen molar-refractivity contribution in [3.63, 3.8) is 0 Å². The van der Waals surface area contributed by atoms with Gasteiger partial charge in [0.15, 0.2) is 0 Å². The van der Waals surface area contributed by atoms with Gasteiger partial charge in [0.2, 0.25) is 0 Å². The molecule has 2 heterocycles. The van der Waals surface area contributed by atoms with Gasteiger partial charge in [0, 0.05) is 31.5 Å². The van der Waals surface area contributed by atoms with Crippen LogP contribution >= 0.6 is 0 Å². The van der Waals surface area contributed by atoms with E-state index >= 15 is 0 Å². The van der Waals surface area contributed by atoms with Gasteiger partial charge in [-0.05, 0) is 25.0 Å². The summed E-state index contributed by atoms with van der Waals surface area (Å²) in [6.45, 7) is 5.02. The summed E-state index contributed by atoms with van der Waals surface area (Å²) in [5, 5.41) is 0. The Morgan fingerprint density at radius 1 is 1.43 bits per heavy atom. The van der Waals surface area contributed by atoms with Crippen molar-refractivity contribution < 1.29 is 0 Å². The molecule has 0 saturated heterocycles. The lowest BCUT2D eigenvalue weighted by Crippen LogP contribution is -2.26. The molecule has 3 nitrogen and oxygen atoms in total. The second-order valence-corrected chi connectivity index (χ2v) is 3.65. The lowest BCUT2D eigenvalue weighted by molar-refractivity contribution is 0.401. The fourth-order valence-corrected chi connectivity index (χ4v) is 1.54. The van der Waals surface area contributed by atoms with Crippen molar-refractivity contribution in [3.8, 4) is 0 Å². The number of nitrogens with zero attached hydrogens (tertiary/aromatic N) is 3. The molecular formula is C11H15N3. The molecule has 0 atom stereocenters. The van der Waals surface area contributed by atoms with E-state index in [-0.39, 0.29) is 0 Å². The van der Waals surface area contributed by atoms with Crippen LogP contribution in [0.3, 0.4) is 0 Å². The average Bonchev–Trinajstić information content (AvgIpc) is 2.23. The van der Waals surface area contributed by atoms with Gasteiger partial charge >= 0.3 is 0 Å². The third-order valence-corrected chi connectivity index (χ3v) is 2.34. The zero-order valence-corrected chi connectivity index (χ0v) is 8.48. The van der Waals surface area contributed by atoms with Crippen molar-refractivity contribution in [3.05, 3.63) is 29.6 Å². The predicted molar refractivity (Wildman–Crippen MR) is 57.4 cm³/mol. The minimum atomic E-state index is 0.927. The first-order valence-corrected chi connectivity index (χ1v) is 5.00. The van der Waals surface area contributed by atoms with Crippen LogP contribution in [0.15, 0.2) is 23.3 Å². The van der Waals surface area contributed by atoms with E-state index in [1.165, 1.54) is 5.56 Å². The summed E-state index contributed by atoms with van der Waals surface area (Å²) in [6.07, 6.45) is 5.05. The fourth-order valence-electron chi connectivity index (χ4n) is 1.54. The molecular weight excluding hydrogens is 174 g/mol. The third-order valence-electron chi connectivity index (χ3n) is 2.34. The molecule has 0 bridgehead atoms. The highest BCUT2D eigenvalue weighted by atomic mass is 15.2. The van der Waals surface area contributed by atoms with Crippen LogP contribution in [0.1, 0.15) is 17.7 Å². The highest BCUT2D eigenvalue weighted by molar-refractivity contribution is 5.55. The molecule has 1 aliphatic rings. The van der Waals surface area contributed by atoms with E-state index in [1.54, 1.807) is 0 Å². The zero-order chi connectivity index (χ0) is 9.80. The Morgan fingerprint density at radius 2 is 2.36 bits per heavy atom. The molecule has 74 valence electrons. The number of aryl methyl sites for hydroxylation is 1. The zero-order valence-electron chi connectivity index (χ0n) is 8.48. The number of rotatable bonds is 2. The van der Waals surface area contributed by atoms with E-state index in [2.05, 4.69) is 27.0 Å². The van der Waals surface area contributed by atoms with Gasteiger partial charge in [-0.15, -0.1) is 0 Å². The maximum Gasteiger partial charge on any atom is 0.0852 e. The first kappa shape index (κ1) is 9.19. The Labute approximate surface area is 84.5 Å². The van der Waals surface area contributed by atoms with Crippen LogP contribution in [-0.4, -0.2) is 29.3 Å². The second-order valence-electron chi connectivity index (χ2n) is 3.65. The maximum atomic E-state index is 4.27. The Bertz CT molecular complexity index is 316. The highest BCUT2D eigenvalue weighted by Gasteiger charge is 2.04. The standard InChI is InChI=1S/C11H15N3/c1-10-3-4-11(7-13-10)8-14-6-2-5-12-9-14/h3-4,7,9H,2,5-6,8H2,1H3. The first-order chi connectivity index (χ1) is 6.84. The average molecular weight is 189 g/mol. The van der Waals surface area contributed by atoms with Gasteiger partial charge in [0.25, 0.3) is 0 Å². The van der Waals surface area contributed by atoms with Crippen molar-refractivity contribution in [1.29, 1.82) is 0 Å².